The fourth-order valence-electron chi connectivity index (χ4n) is 2.41. The molecule has 0 aromatic heterocycles. The number of rotatable bonds is 7. The number of benzene rings is 1. The second-order valence-corrected chi connectivity index (χ2v) is 6.10. The molecule has 2 amide bonds. The summed E-state index contributed by atoms with van der Waals surface area (Å²) in [7, 11) is 1.68. The van der Waals surface area contributed by atoms with Gasteiger partial charge in [-0.25, -0.2) is 0 Å². The van der Waals surface area contributed by atoms with Gasteiger partial charge >= 0.3 is 5.97 Å². The number of aliphatic carboxylic acids is 1. The Balaban J connectivity index is 2.05. The molecule has 1 saturated carbocycles. The zero-order valence-corrected chi connectivity index (χ0v) is 13.4. The van der Waals surface area contributed by atoms with Crippen molar-refractivity contribution in [2.75, 3.05) is 18.5 Å². The number of anilines is 1. The highest BCUT2D eigenvalue weighted by atomic mass is 16.4. The number of carboxylic acids is 1. The SMILES string of the molecule is CC(CNC(=O)c1ccccc1N(C)C(=O)C1CC1)CC(=O)O. The lowest BCUT2D eigenvalue weighted by Gasteiger charge is -2.20. The van der Waals surface area contributed by atoms with Gasteiger partial charge in [-0.2, -0.15) is 0 Å². The van der Waals surface area contributed by atoms with Crippen LogP contribution in [0.5, 0.6) is 0 Å². The molecule has 0 radical (unpaired) electrons. The van der Waals surface area contributed by atoms with Gasteiger partial charge in [-0.15, -0.1) is 0 Å². The number of carbonyl (C=O) groups excluding carboxylic acids is 2. The van der Waals surface area contributed by atoms with Crippen LogP contribution in [-0.2, 0) is 9.59 Å². The van der Waals surface area contributed by atoms with Gasteiger partial charge in [-0.05, 0) is 30.9 Å². The Kier molecular flexibility index (Phi) is 5.36. The van der Waals surface area contributed by atoms with Crippen LogP contribution in [0.2, 0.25) is 0 Å². The normalized spacial score (nSPS) is 14.9. The van der Waals surface area contributed by atoms with Crippen molar-refractivity contribution in [2.45, 2.75) is 26.2 Å². The van der Waals surface area contributed by atoms with E-state index in [9.17, 15) is 14.4 Å². The molecule has 2 N–H and O–H groups in total. The Labute approximate surface area is 135 Å². The van der Waals surface area contributed by atoms with E-state index in [0.717, 1.165) is 12.8 Å². The minimum atomic E-state index is -0.887. The predicted molar refractivity (Wildman–Crippen MR) is 86.3 cm³/mol. The number of para-hydroxylation sites is 1. The highest BCUT2D eigenvalue weighted by Gasteiger charge is 2.33. The molecule has 2 rings (SSSR count). The molecule has 0 saturated heterocycles. The molecule has 0 bridgehead atoms. The molecule has 124 valence electrons. The van der Waals surface area contributed by atoms with Crippen molar-refractivity contribution in [1.29, 1.82) is 0 Å². The number of nitrogens with one attached hydrogen (secondary N) is 1. The monoisotopic (exact) mass is 318 g/mol. The van der Waals surface area contributed by atoms with Crippen LogP contribution in [0.3, 0.4) is 0 Å². The van der Waals surface area contributed by atoms with E-state index in [0.29, 0.717) is 11.3 Å². The molecular weight excluding hydrogens is 296 g/mol. The minimum absolute atomic E-state index is 0.00198. The predicted octanol–water partition coefficient (Wildman–Crippen LogP) is 1.90. The zero-order chi connectivity index (χ0) is 17.0. The Hall–Kier alpha value is -2.37. The van der Waals surface area contributed by atoms with E-state index < -0.39 is 5.97 Å². The second kappa shape index (κ2) is 7.26. The van der Waals surface area contributed by atoms with E-state index in [1.807, 2.05) is 0 Å². The maximum absolute atomic E-state index is 12.4. The highest BCUT2D eigenvalue weighted by molar-refractivity contribution is 6.05. The molecule has 6 nitrogen and oxygen atoms in total. The zero-order valence-electron chi connectivity index (χ0n) is 13.4. The summed E-state index contributed by atoms with van der Waals surface area (Å²) < 4.78 is 0. The first-order valence-electron chi connectivity index (χ1n) is 7.76. The Bertz CT molecular complexity index is 610. The van der Waals surface area contributed by atoms with E-state index in [1.54, 1.807) is 38.2 Å². The van der Waals surface area contributed by atoms with Crippen molar-refractivity contribution >= 4 is 23.5 Å². The van der Waals surface area contributed by atoms with Crippen molar-refractivity contribution in [2.24, 2.45) is 11.8 Å². The molecule has 6 heteroatoms. The molecule has 1 unspecified atom stereocenters. The maximum atomic E-state index is 12.4. The van der Waals surface area contributed by atoms with Crippen molar-refractivity contribution in [3.8, 4) is 0 Å². The summed E-state index contributed by atoms with van der Waals surface area (Å²) in [4.78, 5) is 36.8. The van der Waals surface area contributed by atoms with Crippen LogP contribution >= 0.6 is 0 Å². The van der Waals surface area contributed by atoms with Crippen LogP contribution in [0.4, 0.5) is 5.69 Å². The van der Waals surface area contributed by atoms with Crippen LogP contribution in [-0.4, -0.2) is 36.5 Å². The van der Waals surface area contributed by atoms with Gasteiger partial charge in [0.2, 0.25) is 5.91 Å². The summed E-state index contributed by atoms with van der Waals surface area (Å²) in [5, 5.41) is 11.5. The van der Waals surface area contributed by atoms with E-state index in [-0.39, 0.29) is 36.6 Å². The number of hydrogen-bond acceptors (Lipinski definition) is 3. The third-order valence-electron chi connectivity index (χ3n) is 3.90. The van der Waals surface area contributed by atoms with Gasteiger partial charge in [-0.1, -0.05) is 19.1 Å². The maximum Gasteiger partial charge on any atom is 0.303 e. The van der Waals surface area contributed by atoms with E-state index in [1.165, 1.54) is 4.90 Å². The van der Waals surface area contributed by atoms with Crippen molar-refractivity contribution in [3.05, 3.63) is 29.8 Å². The summed E-state index contributed by atoms with van der Waals surface area (Å²) in [6.07, 6.45) is 1.82. The first kappa shape index (κ1) is 17.0. The van der Waals surface area contributed by atoms with Crippen LogP contribution in [0, 0.1) is 11.8 Å². The molecule has 1 aliphatic carbocycles. The van der Waals surface area contributed by atoms with E-state index in [4.69, 9.17) is 5.11 Å². The lowest BCUT2D eigenvalue weighted by molar-refractivity contribution is -0.137. The Morgan fingerprint density at radius 3 is 2.57 bits per heavy atom. The van der Waals surface area contributed by atoms with Gasteiger partial charge in [0.05, 0.1) is 11.3 Å². The number of amides is 2. The fraction of sp³-hybridized carbons (Fsp3) is 0.471. The van der Waals surface area contributed by atoms with Crippen molar-refractivity contribution in [1.82, 2.24) is 5.32 Å². The molecule has 1 aliphatic rings. The van der Waals surface area contributed by atoms with Crippen LogP contribution in [0.15, 0.2) is 24.3 Å². The van der Waals surface area contributed by atoms with Gasteiger partial charge < -0.3 is 15.3 Å². The molecule has 0 spiro atoms. The smallest absolute Gasteiger partial charge is 0.303 e. The Morgan fingerprint density at radius 1 is 1.30 bits per heavy atom. The third kappa shape index (κ3) is 4.55. The van der Waals surface area contributed by atoms with Gasteiger partial charge in [-0.3, -0.25) is 14.4 Å². The second-order valence-electron chi connectivity index (χ2n) is 6.10. The summed E-state index contributed by atoms with van der Waals surface area (Å²) in [6, 6.07) is 6.95. The molecule has 1 aromatic rings. The highest BCUT2D eigenvalue weighted by Crippen LogP contribution is 2.33. The third-order valence-corrected chi connectivity index (χ3v) is 3.90. The molecule has 1 atom stereocenters. The Morgan fingerprint density at radius 2 is 1.96 bits per heavy atom. The topological polar surface area (TPSA) is 86.7 Å². The minimum Gasteiger partial charge on any atom is -0.481 e. The van der Waals surface area contributed by atoms with E-state index >= 15 is 0 Å². The van der Waals surface area contributed by atoms with Gasteiger partial charge in [0.1, 0.15) is 0 Å². The fourth-order valence-corrected chi connectivity index (χ4v) is 2.41. The van der Waals surface area contributed by atoms with Gasteiger partial charge in [0, 0.05) is 25.9 Å². The average Bonchev–Trinajstić information content (AvgIpc) is 3.35. The van der Waals surface area contributed by atoms with E-state index in [2.05, 4.69) is 5.32 Å². The van der Waals surface area contributed by atoms with Crippen LogP contribution in [0.1, 0.15) is 36.5 Å². The molecule has 1 fully saturated rings. The molecule has 23 heavy (non-hydrogen) atoms. The number of hydrogen-bond donors (Lipinski definition) is 2. The summed E-state index contributed by atoms with van der Waals surface area (Å²) in [6.45, 7) is 2.04. The van der Waals surface area contributed by atoms with Crippen molar-refractivity contribution < 1.29 is 19.5 Å². The number of carboxylic acid groups (broad SMARTS) is 1. The summed E-state index contributed by atoms with van der Waals surface area (Å²) in [5.41, 5.74) is 0.999. The molecular formula is C17H22N2O4. The van der Waals surface area contributed by atoms with Gasteiger partial charge in [0.25, 0.3) is 5.91 Å². The van der Waals surface area contributed by atoms with Gasteiger partial charge in [0.15, 0.2) is 0 Å². The molecule has 0 heterocycles. The van der Waals surface area contributed by atoms with Crippen molar-refractivity contribution in [3.63, 3.8) is 0 Å². The largest absolute Gasteiger partial charge is 0.481 e. The quantitative estimate of drug-likeness (QED) is 0.804. The lowest BCUT2D eigenvalue weighted by atomic mass is 10.1. The number of carbonyl (C=O) groups is 3. The first-order valence-corrected chi connectivity index (χ1v) is 7.76. The van der Waals surface area contributed by atoms with Crippen LogP contribution in [0.25, 0.3) is 0 Å². The molecule has 1 aromatic carbocycles. The standard InChI is InChI=1S/C17H22N2O4/c1-11(9-15(20)21)10-18-16(22)13-5-3-4-6-14(13)19(2)17(23)12-7-8-12/h3-6,11-12H,7-10H2,1-2H3,(H,18,22)(H,20,21). The number of nitrogens with zero attached hydrogens (tertiary/aromatic N) is 1. The lowest BCUT2D eigenvalue weighted by Crippen LogP contribution is -2.33. The van der Waals surface area contributed by atoms with Crippen LogP contribution < -0.4 is 10.2 Å². The summed E-state index contributed by atoms with van der Waals surface area (Å²) >= 11 is 0. The first-order chi connectivity index (χ1) is 10.9. The molecule has 0 aliphatic heterocycles. The summed E-state index contributed by atoms with van der Waals surface area (Å²) in [5.74, 6) is -1.24. The average molecular weight is 318 g/mol.